The Morgan fingerprint density at radius 3 is 2.15 bits per heavy atom. The van der Waals surface area contributed by atoms with Gasteiger partial charge in [-0.05, 0) is 13.0 Å². The zero-order chi connectivity index (χ0) is 10.1. The summed E-state index contributed by atoms with van der Waals surface area (Å²) in [6, 6.07) is 0. The van der Waals surface area contributed by atoms with E-state index >= 15 is 0 Å². The topological polar surface area (TPSA) is 50.1 Å². The van der Waals surface area contributed by atoms with E-state index in [0.717, 1.165) is 35.9 Å². The number of hydrogen-bond acceptors (Lipinski definition) is 3. The van der Waals surface area contributed by atoms with E-state index in [-0.39, 0.29) is 0 Å². The first-order valence-electron chi connectivity index (χ1n) is 4.44. The first-order chi connectivity index (χ1) is 6.20. The Morgan fingerprint density at radius 2 is 1.69 bits per heavy atom. The van der Waals surface area contributed by atoms with Crippen molar-refractivity contribution in [1.82, 2.24) is 10.6 Å². The molecule has 76 valence electrons. The summed E-state index contributed by atoms with van der Waals surface area (Å²) in [6.45, 7) is 4.25. The van der Waals surface area contributed by atoms with Crippen LogP contribution in [0.15, 0.2) is 0 Å². The molecule has 0 aromatic rings. The molecule has 0 saturated heterocycles. The van der Waals surface area contributed by atoms with Crippen molar-refractivity contribution in [1.29, 1.82) is 0 Å². The second kappa shape index (κ2) is 8.34. The third-order valence-electron chi connectivity index (χ3n) is 1.46. The molecule has 0 atom stereocenters. The van der Waals surface area contributed by atoms with E-state index in [1.54, 1.807) is 0 Å². The molecule has 0 aliphatic rings. The predicted octanol–water partition coefficient (Wildman–Crippen LogP) is 0.579. The van der Waals surface area contributed by atoms with Crippen LogP contribution in [0.3, 0.4) is 0 Å². The second-order valence-electron chi connectivity index (χ2n) is 2.59. The number of thiocarbonyl (C=S) groups is 2. The molecule has 0 saturated carbocycles. The Kier molecular flexibility index (Phi) is 8.18. The van der Waals surface area contributed by atoms with Gasteiger partial charge in [-0.2, -0.15) is 0 Å². The van der Waals surface area contributed by atoms with Gasteiger partial charge < -0.3 is 16.4 Å². The minimum Gasteiger partial charge on any atom is -0.378 e. The van der Waals surface area contributed by atoms with Crippen LogP contribution in [-0.2, 0) is 0 Å². The lowest BCUT2D eigenvalue weighted by molar-refractivity contribution is 0.803. The lowest BCUT2D eigenvalue weighted by Gasteiger charge is -2.08. The summed E-state index contributed by atoms with van der Waals surface area (Å²) in [7, 11) is 0. The molecule has 0 aliphatic carbocycles. The normalized spacial score (nSPS) is 9.38. The van der Waals surface area contributed by atoms with Crippen molar-refractivity contribution in [3.05, 3.63) is 0 Å². The van der Waals surface area contributed by atoms with Gasteiger partial charge in [0.15, 0.2) is 0 Å². The molecule has 0 fully saturated rings. The van der Waals surface area contributed by atoms with Crippen LogP contribution < -0.4 is 16.4 Å². The van der Waals surface area contributed by atoms with Gasteiger partial charge in [-0.15, -0.1) is 0 Å². The maximum Gasteiger partial charge on any atom is 0.0766 e. The summed E-state index contributed by atoms with van der Waals surface area (Å²) in [5.41, 5.74) is 5.34. The maximum absolute atomic E-state index is 5.34. The Morgan fingerprint density at radius 1 is 1.15 bits per heavy atom. The second-order valence-corrected chi connectivity index (χ2v) is 3.58. The van der Waals surface area contributed by atoms with Crippen molar-refractivity contribution in [2.45, 2.75) is 19.8 Å². The molecule has 0 aromatic carbocycles. The Balaban J connectivity index is 3.25. The lowest BCUT2D eigenvalue weighted by Crippen LogP contribution is -2.33. The van der Waals surface area contributed by atoms with E-state index in [1.807, 2.05) is 6.92 Å². The van der Waals surface area contributed by atoms with E-state index < -0.39 is 0 Å². The molecular formula is C8H17N3S2. The Bertz CT molecular complexity index is 171. The third-order valence-corrected chi connectivity index (χ3v) is 2.24. The first kappa shape index (κ1) is 12.7. The highest BCUT2D eigenvalue weighted by atomic mass is 32.1. The fraction of sp³-hybridized carbons (Fsp3) is 0.750. The van der Waals surface area contributed by atoms with Crippen LogP contribution in [0.5, 0.6) is 0 Å². The molecule has 5 heteroatoms. The van der Waals surface area contributed by atoms with E-state index in [1.165, 1.54) is 0 Å². The van der Waals surface area contributed by atoms with Gasteiger partial charge in [-0.25, -0.2) is 0 Å². The molecule has 0 aromatic heterocycles. The number of nitrogens with two attached hydrogens (primary N) is 1. The van der Waals surface area contributed by atoms with Crippen LogP contribution in [0, 0.1) is 0 Å². The number of hydrogen-bond donors (Lipinski definition) is 3. The van der Waals surface area contributed by atoms with E-state index in [0.29, 0.717) is 6.54 Å². The molecule has 0 bridgehead atoms. The van der Waals surface area contributed by atoms with Crippen molar-refractivity contribution >= 4 is 34.4 Å². The predicted molar refractivity (Wildman–Crippen MR) is 65.2 cm³/mol. The van der Waals surface area contributed by atoms with E-state index in [2.05, 4.69) is 10.6 Å². The molecule has 3 nitrogen and oxygen atoms in total. The van der Waals surface area contributed by atoms with Gasteiger partial charge in [0.05, 0.1) is 9.98 Å². The molecule has 0 heterocycles. The van der Waals surface area contributed by atoms with Crippen molar-refractivity contribution in [3.63, 3.8) is 0 Å². The summed E-state index contributed by atoms with van der Waals surface area (Å²) in [4.78, 5) is 1.72. The monoisotopic (exact) mass is 219 g/mol. The van der Waals surface area contributed by atoms with E-state index in [9.17, 15) is 0 Å². The number of nitrogens with one attached hydrogen (secondary N) is 2. The average Bonchev–Trinajstić information content (AvgIpc) is 2.12. The van der Waals surface area contributed by atoms with Crippen LogP contribution in [0.25, 0.3) is 0 Å². The summed E-state index contributed by atoms with van der Waals surface area (Å²) < 4.78 is 0. The maximum atomic E-state index is 5.34. The average molecular weight is 219 g/mol. The van der Waals surface area contributed by atoms with Gasteiger partial charge in [0.2, 0.25) is 0 Å². The fourth-order valence-electron chi connectivity index (χ4n) is 0.748. The molecule has 0 unspecified atom stereocenters. The van der Waals surface area contributed by atoms with Gasteiger partial charge in [0.25, 0.3) is 0 Å². The molecule has 13 heavy (non-hydrogen) atoms. The largest absolute Gasteiger partial charge is 0.378 e. The molecule has 0 amide bonds. The minimum atomic E-state index is 0.604. The van der Waals surface area contributed by atoms with Gasteiger partial charge in [0.1, 0.15) is 0 Å². The number of rotatable bonds is 6. The molecule has 4 N–H and O–H groups in total. The van der Waals surface area contributed by atoms with Crippen LogP contribution in [0.4, 0.5) is 0 Å². The zero-order valence-corrected chi connectivity index (χ0v) is 9.56. The van der Waals surface area contributed by atoms with E-state index in [4.69, 9.17) is 30.2 Å². The molecule has 0 radical (unpaired) electrons. The lowest BCUT2D eigenvalue weighted by atomic mass is 10.4. The van der Waals surface area contributed by atoms with Gasteiger partial charge in [0, 0.05) is 19.5 Å². The standard InChI is InChI=1S/C8H17N3S2/c1-2-7(12)10-5-6-11-8(13)3-4-9/h2-6,9H2,1H3,(H,10,12)(H,11,13). The molecule has 0 aliphatic heterocycles. The van der Waals surface area contributed by atoms with Crippen LogP contribution >= 0.6 is 24.4 Å². The van der Waals surface area contributed by atoms with Crippen molar-refractivity contribution < 1.29 is 0 Å². The Labute approximate surface area is 90.5 Å². The van der Waals surface area contributed by atoms with Crippen molar-refractivity contribution in [2.24, 2.45) is 5.73 Å². The summed E-state index contributed by atoms with van der Waals surface area (Å²) in [5, 5.41) is 6.20. The third kappa shape index (κ3) is 8.08. The summed E-state index contributed by atoms with van der Waals surface area (Å²) >= 11 is 10.0. The van der Waals surface area contributed by atoms with Gasteiger partial charge >= 0.3 is 0 Å². The van der Waals surface area contributed by atoms with Gasteiger partial charge in [-0.3, -0.25) is 0 Å². The first-order valence-corrected chi connectivity index (χ1v) is 5.25. The Hall–Kier alpha value is -0.260. The molecular weight excluding hydrogens is 202 g/mol. The SMILES string of the molecule is CCC(=S)NCCNC(=S)CCN. The summed E-state index contributed by atoms with van der Waals surface area (Å²) in [5.74, 6) is 0. The molecule has 0 rings (SSSR count). The zero-order valence-electron chi connectivity index (χ0n) is 7.93. The molecule has 0 spiro atoms. The smallest absolute Gasteiger partial charge is 0.0766 e. The van der Waals surface area contributed by atoms with Crippen LogP contribution in [0.1, 0.15) is 19.8 Å². The highest BCUT2D eigenvalue weighted by Gasteiger charge is 1.94. The fourth-order valence-corrected chi connectivity index (χ4v) is 1.07. The van der Waals surface area contributed by atoms with Crippen molar-refractivity contribution in [3.8, 4) is 0 Å². The minimum absolute atomic E-state index is 0.604. The van der Waals surface area contributed by atoms with Gasteiger partial charge in [-0.1, -0.05) is 31.4 Å². The quantitative estimate of drug-likeness (QED) is 0.451. The summed E-state index contributed by atoms with van der Waals surface area (Å²) in [6.07, 6.45) is 1.65. The highest BCUT2D eigenvalue weighted by Crippen LogP contribution is 1.80. The van der Waals surface area contributed by atoms with Crippen LogP contribution in [0.2, 0.25) is 0 Å². The highest BCUT2D eigenvalue weighted by molar-refractivity contribution is 7.80. The van der Waals surface area contributed by atoms with Crippen molar-refractivity contribution in [2.75, 3.05) is 19.6 Å². The van der Waals surface area contributed by atoms with Crippen LogP contribution in [-0.4, -0.2) is 29.6 Å².